The van der Waals surface area contributed by atoms with Gasteiger partial charge in [-0.2, -0.15) is 0 Å². The minimum Gasteiger partial charge on any atom is -0.493 e. The Kier molecular flexibility index (Phi) is 4.63. The Morgan fingerprint density at radius 3 is 2.85 bits per heavy atom. The van der Waals surface area contributed by atoms with E-state index in [4.69, 9.17) is 21.1 Å². The van der Waals surface area contributed by atoms with E-state index in [0.717, 1.165) is 5.39 Å². The summed E-state index contributed by atoms with van der Waals surface area (Å²) in [6.45, 7) is 0. The largest absolute Gasteiger partial charge is 0.493 e. The highest BCUT2D eigenvalue weighted by Crippen LogP contribution is 2.39. The average molecular weight is 295 g/mol. The summed E-state index contributed by atoms with van der Waals surface area (Å²) >= 11 is 5.57. The van der Waals surface area contributed by atoms with Gasteiger partial charge in [-0.15, -0.1) is 11.6 Å². The molecule has 6 heteroatoms. The lowest BCUT2D eigenvalue weighted by atomic mass is 10.1. The van der Waals surface area contributed by atoms with E-state index in [1.807, 2.05) is 6.07 Å². The third-order valence-corrected chi connectivity index (χ3v) is 3.02. The molecule has 0 saturated carbocycles. The summed E-state index contributed by atoms with van der Waals surface area (Å²) in [6, 6.07) is 5.36. The van der Waals surface area contributed by atoms with Gasteiger partial charge in [-0.25, -0.2) is 0 Å². The van der Waals surface area contributed by atoms with Crippen molar-refractivity contribution < 1.29 is 14.3 Å². The van der Waals surface area contributed by atoms with E-state index in [1.165, 1.54) is 0 Å². The van der Waals surface area contributed by atoms with E-state index in [0.29, 0.717) is 22.7 Å². The number of hydrogen-bond donors (Lipinski definition) is 1. The zero-order valence-electron chi connectivity index (χ0n) is 11.3. The molecule has 0 unspecified atom stereocenters. The molecule has 1 amide bonds. The molecule has 2 aromatic rings. The molecule has 5 nitrogen and oxygen atoms in total. The molecule has 1 aromatic heterocycles. The number of carbonyl (C=O) groups excluding carboxylic acids is 1. The summed E-state index contributed by atoms with van der Waals surface area (Å²) < 4.78 is 10.7. The van der Waals surface area contributed by atoms with E-state index in [9.17, 15) is 4.79 Å². The Morgan fingerprint density at radius 2 is 2.20 bits per heavy atom. The molecular weight excluding hydrogens is 280 g/mol. The molecule has 0 fully saturated rings. The van der Waals surface area contributed by atoms with Crippen molar-refractivity contribution in [3.05, 3.63) is 24.4 Å². The van der Waals surface area contributed by atoms with Crippen LogP contribution in [0.25, 0.3) is 10.9 Å². The number of pyridine rings is 1. The highest BCUT2D eigenvalue weighted by molar-refractivity contribution is 6.19. The second-order valence-corrected chi connectivity index (χ2v) is 4.42. The summed E-state index contributed by atoms with van der Waals surface area (Å²) in [5.41, 5.74) is 1.22. The molecule has 2 rings (SSSR count). The molecule has 106 valence electrons. The van der Waals surface area contributed by atoms with Gasteiger partial charge in [0.25, 0.3) is 0 Å². The Labute approximate surface area is 121 Å². The van der Waals surface area contributed by atoms with Gasteiger partial charge in [0.1, 0.15) is 0 Å². The van der Waals surface area contributed by atoms with Gasteiger partial charge in [0.2, 0.25) is 5.91 Å². The van der Waals surface area contributed by atoms with Crippen LogP contribution in [-0.4, -0.2) is 31.0 Å². The number of methoxy groups -OCH3 is 2. The summed E-state index contributed by atoms with van der Waals surface area (Å²) in [5.74, 6) is 1.23. The van der Waals surface area contributed by atoms with Gasteiger partial charge in [0.05, 0.1) is 25.4 Å². The number of hydrogen-bond acceptors (Lipinski definition) is 4. The maximum absolute atomic E-state index is 11.7. The molecular formula is C14H15ClN2O3. The molecule has 0 spiro atoms. The monoisotopic (exact) mass is 294 g/mol. The highest BCUT2D eigenvalue weighted by Gasteiger charge is 2.15. The number of anilines is 1. The summed E-state index contributed by atoms with van der Waals surface area (Å²) in [4.78, 5) is 16.0. The van der Waals surface area contributed by atoms with Crippen LogP contribution in [0.15, 0.2) is 24.4 Å². The average Bonchev–Trinajstić information content (AvgIpc) is 2.47. The second-order valence-electron chi connectivity index (χ2n) is 4.05. The number of aromatic nitrogens is 1. The van der Waals surface area contributed by atoms with Crippen LogP contribution in [0.1, 0.15) is 6.42 Å². The maximum atomic E-state index is 11.7. The number of ether oxygens (including phenoxy) is 2. The van der Waals surface area contributed by atoms with Crippen molar-refractivity contribution in [2.75, 3.05) is 25.4 Å². The molecule has 0 atom stereocenters. The van der Waals surface area contributed by atoms with Gasteiger partial charge in [-0.05, 0) is 12.1 Å². The molecule has 0 aliphatic carbocycles. The maximum Gasteiger partial charge on any atom is 0.225 e. The Bertz CT molecular complexity index is 631. The van der Waals surface area contributed by atoms with E-state index >= 15 is 0 Å². The molecule has 1 aromatic carbocycles. The fraction of sp³-hybridized carbons (Fsp3) is 0.286. The van der Waals surface area contributed by atoms with Crippen molar-refractivity contribution in [3.63, 3.8) is 0 Å². The fourth-order valence-corrected chi connectivity index (χ4v) is 2.13. The Balaban J connectivity index is 2.56. The van der Waals surface area contributed by atoms with Gasteiger partial charge >= 0.3 is 0 Å². The molecule has 1 heterocycles. The number of amides is 1. The lowest BCUT2D eigenvalue weighted by Gasteiger charge is -2.14. The fourth-order valence-electron chi connectivity index (χ4n) is 1.96. The number of halogens is 1. The normalized spacial score (nSPS) is 10.3. The smallest absolute Gasteiger partial charge is 0.225 e. The molecule has 0 aliphatic rings. The van der Waals surface area contributed by atoms with Crippen LogP contribution in [0.4, 0.5) is 5.69 Å². The van der Waals surface area contributed by atoms with Crippen molar-refractivity contribution in [2.45, 2.75) is 6.42 Å². The first kappa shape index (κ1) is 14.4. The van der Waals surface area contributed by atoms with Crippen molar-refractivity contribution >= 4 is 34.1 Å². The third-order valence-electron chi connectivity index (χ3n) is 2.83. The van der Waals surface area contributed by atoms with Crippen LogP contribution in [-0.2, 0) is 4.79 Å². The predicted molar refractivity (Wildman–Crippen MR) is 78.8 cm³/mol. The number of nitrogens with one attached hydrogen (secondary N) is 1. The van der Waals surface area contributed by atoms with E-state index < -0.39 is 0 Å². The first-order chi connectivity index (χ1) is 9.71. The number of rotatable bonds is 5. The molecule has 0 saturated heterocycles. The first-order valence-corrected chi connectivity index (χ1v) is 6.60. The van der Waals surface area contributed by atoms with Crippen molar-refractivity contribution in [3.8, 4) is 11.5 Å². The zero-order chi connectivity index (χ0) is 14.5. The molecule has 20 heavy (non-hydrogen) atoms. The van der Waals surface area contributed by atoms with Crippen molar-refractivity contribution in [1.82, 2.24) is 4.98 Å². The predicted octanol–water partition coefficient (Wildman–Crippen LogP) is 2.82. The zero-order valence-corrected chi connectivity index (χ0v) is 12.0. The third kappa shape index (κ3) is 2.77. The minimum absolute atomic E-state index is 0.167. The number of alkyl halides is 1. The van der Waals surface area contributed by atoms with Crippen LogP contribution >= 0.6 is 11.6 Å². The van der Waals surface area contributed by atoms with Crippen LogP contribution in [0.3, 0.4) is 0 Å². The number of nitrogens with zero attached hydrogens (tertiary/aromatic N) is 1. The highest BCUT2D eigenvalue weighted by atomic mass is 35.5. The minimum atomic E-state index is -0.167. The molecule has 0 aliphatic heterocycles. The van der Waals surface area contributed by atoms with Gasteiger partial charge < -0.3 is 14.8 Å². The van der Waals surface area contributed by atoms with Gasteiger partial charge in [0, 0.05) is 30.0 Å². The van der Waals surface area contributed by atoms with E-state index in [-0.39, 0.29) is 18.2 Å². The lowest BCUT2D eigenvalue weighted by Crippen LogP contribution is -2.12. The van der Waals surface area contributed by atoms with Gasteiger partial charge in [-0.3, -0.25) is 9.78 Å². The van der Waals surface area contributed by atoms with Gasteiger partial charge in [-0.1, -0.05) is 0 Å². The van der Waals surface area contributed by atoms with Crippen molar-refractivity contribution in [2.24, 2.45) is 0 Å². The molecule has 0 bridgehead atoms. The van der Waals surface area contributed by atoms with E-state index in [1.54, 1.807) is 32.5 Å². The van der Waals surface area contributed by atoms with Crippen LogP contribution in [0.5, 0.6) is 11.5 Å². The SMILES string of the molecule is COc1cc(NC(=O)CCCl)c2ncccc2c1OC. The Hall–Kier alpha value is -2.01. The van der Waals surface area contributed by atoms with Crippen LogP contribution in [0, 0.1) is 0 Å². The molecule has 1 N–H and O–H groups in total. The summed E-state index contributed by atoms with van der Waals surface area (Å²) in [5, 5.41) is 3.56. The summed E-state index contributed by atoms with van der Waals surface area (Å²) in [6.07, 6.45) is 1.90. The number of carbonyl (C=O) groups is 1. The quantitative estimate of drug-likeness (QED) is 0.862. The Morgan fingerprint density at radius 1 is 1.40 bits per heavy atom. The first-order valence-electron chi connectivity index (χ1n) is 6.06. The lowest BCUT2D eigenvalue weighted by molar-refractivity contribution is -0.115. The van der Waals surface area contributed by atoms with E-state index in [2.05, 4.69) is 10.3 Å². The topological polar surface area (TPSA) is 60.5 Å². The molecule has 0 radical (unpaired) electrons. The summed E-state index contributed by atoms with van der Waals surface area (Å²) in [7, 11) is 3.11. The number of fused-ring (bicyclic) bond motifs is 1. The number of benzene rings is 1. The van der Waals surface area contributed by atoms with Gasteiger partial charge in [0.15, 0.2) is 11.5 Å². The van der Waals surface area contributed by atoms with Crippen molar-refractivity contribution in [1.29, 1.82) is 0 Å². The second kappa shape index (κ2) is 6.43. The standard InChI is InChI=1S/C14H15ClN2O3/c1-19-11-8-10(17-12(18)5-6-15)13-9(14(11)20-2)4-3-7-16-13/h3-4,7-8H,5-6H2,1-2H3,(H,17,18). The van der Waals surface area contributed by atoms with Crippen LogP contribution in [0.2, 0.25) is 0 Å². The van der Waals surface area contributed by atoms with Crippen LogP contribution < -0.4 is 14.8 Å².